The maximum atomic E-state index is 15.4. The highest BCUT2D eigenvalue weighted by molar-refractivity contribution is 6.88. The predicted octanol–water partition coefficient (Wildman–Crippen LogP) is 7.38. The topological polar surface area (TPSA) is 18.5 Å². The third kappa shape index (κ3) is 7.53. The highest BCUT2D eigenvalue weighted by Crippen LogP contribution is 2.28. The number of rotatable bonds is 10. The molecule has 0 fully saturated rings. The van der Waals surface area contributed by atoms with Gasteiger partial charge in [-0.1, -0.05) is 0 Å². The van der Waals surface area contributed by atoms with Crippen LogP contribution in [0.3, 0.4) is 0 Å². The minimum Gasteiger partial charge on any atom is -0.538 e. The Morgan fingerprint density at radius 1 is 0.262 bits per heavy atom. The second-order valence-electron chi connectivity index (χ2n) is 11.7. The van der Waals surface area contributed by atoms with Crippen molar-refractivity contribution in [2.45, 2.75) is 6.32 Å². The van der Waals surface area contributed by atoms with E-state index in [-0.39, 0.29) is 0 Å². The molecule has 0 aliphatic rings. The summed E-state index contributed by atoms with van der Waals surface area (Å²) in [4.78, 5) is 0. The van der Waals surface area contributed by atoms with Crippen molar-refractivity contribution in [3.8, 4) is 0 Å². The molecule has 0 amide bonds. The van der Waals surface area contributed by atoms with E-state index in [4.69, 9.17) is 0 Å². The van der Waals surface area contributed by atoms with E-state index in [9.17, 15) is 74.6 Å². The van der Waals surface area contributed by atoms with E-state index in [1.54, 1.807) is 0 Å². The lowest BCUT2D eigenvalue weighted by Crippen LogP contribution is -2.60. The first-order valence-corrected chi connectivity index (χ1v) is 16.6. The highest BCUT2D eigenvalue weighted by atomic mass is 27.2. The Bertz CT molecular complexity index is 2470. The van der Waals surface area contributed by atoms with Gasteiger partial charge < -0.3 is 7.41 Å². The summed E-state index contributed by atoms with van der Waals surface area (Å²) in [5, 5.41) is 0. The molecule has 61 heavy (non-hydrogen) atoms. The van der Waals surface area contributed by atoms with Crippen molar-refractivity contribution in [2.75, 3.05) is 0 Å². The molecule has 0 unspecified atom stereocenters. The predicted molar refractivity (Wildman–Crippen MR) is 153 cm³/mol. The monoisotopic (exact) mass is 930 g/mol. The van der Waals surface area contributed by atoms with Crippen LogP contribution >= 0.6 is 0 Å². The number of benzene rings is 5. The second-order valence-corrected chi connectivity index (χ2v) is 13.4. The average Bonchev–Trinajstić information content (AvgIpc) is 3.23. The molecule has 0 heterocycles. The molecule has 0 N–H and O–H groups in total. The summed E-state index contributed by atoms with van der Waals surface area (Å²) >= 11 is -6.75. The van der Waals surface area contributed by atoms with E-state index in [2.05, 4.69) is 7.41 Å². The zero-order valence-electron chi connectivity index (χ0n) is 27.7. The molecule has 5 rings (SSSR count). The van der Waals surface area contributed by atoms with E-state index in [0.717, 1.165) is 0 Å². The van der Waals surface area contributed by atoms with Crippen LogP contribution in [0, 0.1) is 145 Å². The van der Waals surface area contributed by atoms with Gasteiger partial charge in [0.05, 0.1) is 0 Å². The summed E-state index contributed by atoms with van der Waals surface area (Å²) in [7, 11) is 0. The number of hydrogen-bond donors (Lipinski definition) is 0. The quantitative estimate of drug-likeness (QED) is 0.0631. The van der Waals surface area contributed by atoms with Gasteiger partial charge >= 0.3 is 28.6 Å². The fraction of sp³-hybridized carbons (Fsp3) is 0.0323. The first-order chi connectivity index (χ1) is 28.2. The molecule has 2 nitrogen and oxygen atoms in total. The Morgan fingerprint density at radius 3 is 0.787 bits per heavy atom. The van der Waals surface area contributed by atoms with Crippen molar-refractivity contribution in [1.29, 1.82) is 0 Å². The van der Waals surface area contributed by atoms with Gasteiger partial charge in [-0.2, -0.15) is 0 Å². The van der Waals surface area contributed by atoms with Crippen molar-refractivity contribution in [2.24, 2.45) is 0 Å². The highest BCUT2D eigenvalue weighted by Gasteiger charge is 2.50. The zero-order chi connectivity index (χ0) is 46.2. The summed E-state index contributed by atoms with van der Waals surface area (Å²) in [6, 6.07) is 0. The SMILES string of the molecule is Fc1c(F)c(F)c(CB([O][Al]([O]B(c2c(F)c(F)c(F)c(F)c2F)c2c(F)c(F)c(F)c(F)c2F)[c]2c(F)c(F)c(F)c(F)c2F)c2c(F)c(F)c(F)c(F)c2F)c(F)c1F. The third-order valence-corrected chi connectivity index (χ3v) is 10.4. The van der Waals surface area contributed by atoms with Crippen LogP contribution in [0.15, 0.2) is 0 Å². The van der Waals surface area contributed by atoms with Crippen LogP contribution in [0.2, 0.25) is 0 Å². The molecule has 0 aromatic heterocycles. The van der Waals surface area contributed by atoms with Gasteiger partial charge in [0.1, 0.15) is 0 Å². The summed E-state index contributed by atoms with van der Waals surface area (Å²) in [5.74, 6) is -81.3. The Kier molecular flexibility index (Phi) is 13.1. The van der Waals surface area contributed by atoms with E-state index in [1.165, 1.54) is 0 Å². The van der Waals surface area contributed by atoms with Crippen molar-refractivity contribution >= 4 is 49.5 Å². The van der Waals surface area contributed by atoms with Crippen LogP contribution in [0.1, 0.15) is 5.56 Å². The van der Waals surface area contributed by atoms with Crippen LogP contribution in [0.25, 0.3) is 0 Å². The molecule has 0 saturated heterocycles. The van der Waals surface area contributed by atoms with E-state index in [1.807, 2.05) is 0 Å². The Balaban J connectivity index is 1.97. The molecular weight excluding hydrogens is 928 g/mol. The largest absolute Gasteiger partial charge is 0.693 e. The summed E-state index contributed by atoms with van der Waals surface area (Å²) in [6.07, 6.45) is -2.69. The normalized spacial score (nSPS) is 11.6. The smallest absolute Gasteiger partial charge is 0.538 e. The molecule has 322 valence electrons. The van der Waals surface area contributed by atoms with Crippen LogP contribution in [-0.2, 0) is 13.7 Å². The molecule has 0 spiro atoms. The van der Waals surface area contributed by atoms with Crippen LogP contribution < -0.4 is 20.8 Å². The van der Waals surface area contributed by atoms with Gasteiger partial charge in [-0.3, -0.25) is 0 Å². The minimum atomic E-state index is -6.75. The fourth-order valence-electron chi connectivity index (χ4n) is 5.39. The molecule has 0 bridgehead atoms. The maximum absolute atomic E-state index is 15.4. The van der Waals surface area contributed by atoms with E-state index >= 15 is 35.1 Å². The molecule has 0 saturated carbocycles. The molecule has 5 aromatic carbocycles. The molecule has 0 aliphatic carbocycles. The van der Waals surface area contributed by atoms with Gasteiger partial charge in [-0.05, 0) is 6.32 Å². The lowest BCUT2D eigenvalue weighted by Gasteiger charge is -2.27. The first-order valence-electron chi connectivity index (χ1n) is 15.1. The molecule has 0 aliphatic heterocycles. The van der Waals surface area contributed by atoms with Crippen LogP contribution in [-0.4, -0.2) is 28.6 Å². The lowest BCUT2D eigenvalue weighted by molar-refractivity contribution is 0.368. The summed E-state index contributed by atoms with van der Waals surface area (Å²) in [6.45, 7) is -8.51. The Morgan fingerprint density at radius 2 is 0.492 bits per heavy atom. The maximum Gasteiger partial charge on any atom is 0.693 e. The fourth-order valence-corrected chi connectivity index (χ4v) is 7.45. The van der Waals surface area contributed by atoms with E-state index < -0.39 is 207 Å². The van der Waals surface area contributed by atoms with Gasteiger partial charge in [0.2, 0.25) is 5.82 Å². The van der Waals surface area contributed by atoms with Gasteiger partial charge in [0.15, 0.2) is 140 Å². The van der Waals surface area contributed by atoms with E-state index in [0.29, 0.717) is 0 Å². The van der Waals surface area contributed by atoms with Crippen molar-refractivity contribution in [1.82, 2.24) is 0 Å². The minimum absolute atomic E-state index is 2.51. The molecule has 30 heteroatoms. The summed E-state index contributed by atoms with van der Waals surface area (Å²) in [5.41, 5.74) is -11.4. The number of halogens is 25. The van der Waals surface area contributed by atoms with Crippen molar-refractivity contribution in [3.05, 3.63) is 151 Å². The van der Waals surface area contributed by atoms with Crippen molar-refractivity contribution in [3.63, 3.8) is 0 Å². The van der Waals surface area contributed by atoms with Gasteiger partial charge in [-0.15, -0.1) is 0 Å². The third-order valence-electron chi connectivity index (χ3n) is 8.29. The Labute approximate surface area is 324 Å². The first kappa shape index (κ1) is 47.0. The van der Waals surface area contributed by atoms with Crippen molar-refractivity contribution < 1.29 is 117 Å². The van der Waals surface area contributed by atoms with Crippen LogP contribution in [0.5, 0.6) is 0 Å². The second kappa shape index (κ2) is 17.0. The zero-order valence-corrected chi connectivity index (χ0v) is 28.9. The lowest BCUT2D eigenvalue weighted by atomic mass is 9.54. The standard InChI is InChI=1S/C13H2BF10O.C12BF10O.C6F5.Al/c15-4-2(5(16)9(20)12(23)8(4)19)1-14(25)3-6(17)10(21)13(24)11(22)7(3)18;14-3-1(4(15)8(19)11(22)7(3)18)13(24)2-5(16)9(20)12(23)10(21)6(2)17;7-2-1-3(8)5(10)6(11)4(2)9;/h1H2;;;/q2*-1;;+2. The molecule has 5 aromatic rings. The molecule has 0 radical (unpaired) electrons. The average molecular weight is 930 g/mol. The summed E-state index contributed by atoms with van der Waals surface area (Å²) < 4.78 is 373. The van der Waals surface area contributed by atoms with Gasteiger partial charge in [0, 0.05) is 26.4 Å². The number of hydrogen-bond acceptors (Lipinski definition) is 2. The van der Waals surface area contributed by atoms with Gasteiger partial charge in [-0.25, -0.2) is 110 Å². The van der Waals surface area contributed by atoms with Crippen LogP contribution in [0.4, 0.5) is 110 Å². The Hall–Kier alpha value is -5.07. The molecular formula is C31H2AlB2F25O2. The molecule has 0 atom stereocenters. The van der Waals surface area contributed by atoms with Gasteiger partial charge in [0.25, 0.3) is 0 Å².